The Morgan fingerprint density at radius 1 is 0.457 bits per heavy atom. The number of hydrogen-bond donors (Lipinski definition) is 6. The summed E-state index contributed by atoms with van der Waals surface area (Å²) in [7, 11) is 0. The number of carbonyl (C=O) groups is 2. The molecule has 1 aliphatic heterocycles. The van der Waals surface area contributed by atoms with Crippen LogP contribution in [0.5, 0.6) is 0 Å². The van der Waals surface area contributed by atoms with Gasteiger partial charge in [0, 0.05) is 12.8 Å². The first-order valence-electron chi connectivity index (χ1n) is 34.8. The second kappa shape index (κ2) is 59.6. The number of carbonyl (C=O) groups excluding carboxylic acids is 2. The highest BCUT2D eigenvalue weighted by Crippen LogP contribution is 2.23. The molecule has 7 atom stereocenters. The van der Waals surface area contributed by atoms with Gasteiger partial charge in [-0.3, -0.25) is 9.59 Å². The largest absolute Gasteiger partial charge is 0.466 e. The molecule has 1 fully saturated rings. The van der Waals surface area contributed by atoms with E-state index in [9.17, 15) is 35.1 Å². The summed E-state index contributed by atoms with van der Waals surface area (Å²) in [5.74, 6) is -0.175. The van der Waals surface area contributed by atoms with Gasteiger partial charge < -0.3 is 45.1 Å². The van der Waals surface area contributed by atoms with Crippen molar-refractivity contribution in [3.8, 4) is 0 Å². The van der Waals surface area contributed by atoms with Gasteiger partial charge in [-0.05, 0) is 64.2 Å². The Morgan fingerprint density at radius 3 is 1.25 bits per heavy atom. The van der Waals surface area contributed by atoms with Gasteiger partial charge in [0.25, 0.3) is 0 Å². The molecule has 1 aliphatic rings. The van der Waals surface area contributed by atoms with Gasteiger partial charge in [-0.2, -0.15) is 0 Å². The second-order valence-electron chi connectivity index (χ2n) is 24.2. The minimum absolute atomic E-state index is 0.00693. The molecule has 0 spiro atoms. The number of ether oxygens (including phenoxy) is 3. The number of aliphatic hydroxyl groups is 5. The molecule has 476 valence electrons. The zero-order valence-corrected chi connectivity index (χ0v) is 52.8. The summed E-state index contributed by atoms with van der Waals surface area (Å²) in [6, 6.07) is -0.808. The van der Waals surface area contributed by atoms with Crippen molar-refractivity contribution >= 4 is 11.9 Å². The van der Waals surface area contributed by atoms with Gasteiger partial charge in [0.2, 0.25) is 5.91 Å². The molecule has 0 aliphatic carbocycles. The molecule has 0 saturated carbocycles. The van der Waals surface area contributed by atoms with E-state index >= 15 is 0 Å². The SMILES string of the molecule is CCCCCCCCC/C=C/C(O)C(COC1OC(CO)C(O)C(O)C1O)NC(=O)CCCCCCCCCCCCCCCCC/C=C\C/C=C\CCCCCCCCCCCOC(=O)CCCCCCCCCCCCCCC. The lowest BCUT2D eigenvalue weighted by Crippen LogP contribution is -2.60. The maximum Gasteiger partial charge on any atom is 0.305 e. The first-order chi connectivity index (χ1) is 39.7. The molecular weight excluding hydrogens is 1010 g/mol. The summed E-state index contributed by atoms with van der Waals surface area (Å²) >= 11 is 0. The van der Waals surface area contributed by atoms with Crippen LogP contribution in [0.2, 0.25) is 0 Å². The van der Waals surface area contributed by atoms with Crippen molar-refractivity contribution in [2.24, 2.45) is 0 Å². The summed E-state index contributed by atoms with van der Waals surface area (Å²) in [6.45, 7) is 4.34. The van der Waals surface area contributed by atoms with Gasteiger partial charge >= 0.3 is 5.97 Å². The van der Waals surface area contributed by atoms with Crippen LogP contribution in [-0.4, -0.2) is 100 Å². The number of rotatable bonds is 61. The highest BCUT2D eigenvalue weighted by molar-refractivity contribution is 5.76. The Labute approximate surface area is 498 Å². The van der Waals surface area contributed by atoms with Crippen molar-refractivity contribution in [3.05, 3.63) is 36.5 Å². The van der Waals surface area contributed by atoms with E-state index in [2.05, 4.69) is 43.5 Å². The van der Waals surface area contributed by atoms with E-state index in [1.54, 1.807) is 6.08 Å². The molecule has 0 radical (unpaired) electrons. The van der Waals surface area contributed by atoms with Crippen molar-refractivity contribution in [2.45, 2.75) is 378 Å². The Kier molecular flexibility index (Phi) is 56.6. The fourth-order valence-electron chi connectivity index (χ4n) is 11.0. The summed E-state index contributed by atoms with van der Waals surface area (Å²) < 4.78 is 16.7. The van der Waals surface area contributed by atoms with E-state index in [-0.39, 0.29) is 18.5 Å². The third-order valence-electron chi connectivity index (χ3n) is 16.5. The zero-order valence-electron chi connectivity index (χ0n) is 52.8. The van der Waals surface area contributed by atoms with Crippen LogP contribution in [0.3, 0.4) is 0 Å². The number of esters is 1. The molecule has 0 bridgehead atoms. The number of aliphatic hydroxyl groups excluding tert-OH is 5. The zero-order chi connectivity index (χ0) is 58.7. The van der Waals surface area contributed by atoms with Crippen molar-refractivity contribution in [1.82, 2.24) is 5.32 Å². The first-order valence-corrected chi connectivity index (χ1v) is 34.8. The molecule has 11 nitrogen and oxygen atoms in total. The molecule has 0 aromatic heterocycles. The normalized spacial score (nSPS) is 18.4. The molecule has 0 aromatic carbocycles. The van der Waals surface area contributed by atoms with Crippen molar-refractivity contribution < 1.29 is 49.3 Å². The number of allylic oxidation sites excluding steroid dienone is 5. The molecule has 6 N–H and O–H groups in total. The predicted molar refractivity (Wildman–Crippen MR) is 338 cm³/mol. The number of unbranched alkanes of at least 4 members (excludes halogenated alkanes) is 43. The average Bonchev–Trinajstić information content (AvgIpc) is 3.48. The quantitative estimate of drug-likeness (QED) is 0.0195. The summed E-state index contributed by atoms with van der Waals surface area (Å²) in [5.41, 5.74) is 0. The van der Waals surface area contributed by atoms with Crippen molar-refractivity contribution in [1.29, 1.82) is 0 Å². The summed E-state index contributed by atoms with van der Waals surface area (Å²) in [4.78, 5) is 25.1. The number of hydrogen-bond acceptors (Lipinski definition) is 10. The van der Waals surface area contributed by atoms with Gasteiger partial charge in [0.15, 0.2) is 6.29 Å². The van der Waals surface area contributed by atoms with E-state index in [0.29, 0.717) is 19.4 Å². The van der Waals surface area contributed by atoms with Crippen LogP contribution >= 0.6 is 0 Å². The van der Waals surface area contributed by atoms with E-state index in [1.165, 1.54) is 244 Å². The van der Waals surface area contributed by atoms with Gasteiger partial charge in [-0.25, -0.2) is 0 Å². The molecule has 81 heavy (non-hydrogen) atoms. The Hall–Kier alpha value is -2.12. The molecule has 1 saturated heterocycles. The molecular formula is C70H131NO10. The fourth-order valence-corrected chi connectivity index (χ4v) is 11.0. The van der Waals surface area contributed by atoms with Crippen LogP contribution in [0.15, 0.2) is 36.5 Å². The lowest BCUT2D eigenvalue weighted by atomic mass is 9.99. The van der Waals surface area contributed by atoms with Gasteiger partial charge in [0.1, 0.15) is 24.4 Å². The average molecular weight is 1150 g/mol. The van der Waals surface area contributed by atoms with Gasteiger partial charge in [-0.15, -0.1) is 0 Å². The van der Waals surface area contributed by atoms with E-state index in [0.717, 1.165) is 64.2 Å². The minimum Gasteiger partial charge on any atom is -0.466 e. The predicted octanol–water partition coefficient (Wildman–Crippen LogP) is 17.4. The Morgan fingerprint density at radius 2 is 0.827 bits per heavy atom. The van der Waals surface area contributed by atoms with Gasteiger partial charge in [-0.1, -0.05) is 294 Å². The van der Waals surface area contributed by atoms with Crippen LogP contribution in [0.1, 0.15) is 335 Å². The molecule has 1 heterocycles. The third kappa shape index (κ3) is 48.8. The molecule has 1 rings (SSSR count). The van der Waals surface area contributed by atoms with E-state index in [4.69, 9.17) is 14.2 Å². The third-order valence-corrected chi connectivity index (χ3v) is 16.5. The first kappa shape index (κ1) is 76.9. The molecule has 0 aromatic rings. The monoisotopic (exact) mass is 1150 g/mol. The van der Waals surface area contributed by atoms with Gasteiger partial charge in [0.05, 0.1) is 32.0 Å². The highest BCUT2D eigenvalue weighted by Gasteiger charge is 2.44. The molecule has 7 unspecified atom stereocenters. The fraction of sp³-hybridized carbons (Fsp3) is 0.886. The number of amides is 1. The van der Waals surface area contributed by atoms with Crippen LogP contribution in [0.25, 0.3) is 0 Å². The van der Waals surface area contributed by atoms with E-state index in [1.807, 2.05) is 6.08 Å². The van der Waals surface area contributed by atoms with Crippen LogP contribution in [-0.2, 0) is 23.8 Å². The lowest BCUT2D eigenvalue weighted by molar-refractivity contribution is -0.302. The summed E-state index contributed by atoms with van der Waals surface area (Å²) in [6.07, 6.45) is 65.8. The lowest BCUT2D eigenvalue weighted by Gasteiger charge is -2.40. The highest BCUT2D eigenvalue weighted by atomic mass is 16.7. The maximum absolute atomic E-state index is 13.0. The van der Waals surface area contributed by atoms with Crippen LogP contribution in [0, 0.1) is 0 Å². The standard InChI is InChI=1S/C70H131NO10/c1-3-5-7-9-11-13-14-34-38-42-46-50-54-58-66(75)79-59-55-51-47-43-39-36-33-31-29-27-25-23-21-19-17-15-16-18-20-22-24-26-28-30-32-35-37-41-45-49-53-57-65(74)71-62(63(73)56-52-48-44-40-12-10-8-6-4-2)61-80-70-69(78)68(77)67(76)64(60-72)81-70/h17,19,23,25,52,56,62-64,67-70,72-73,76-78H,3-16,18,20-22,24,26-51,53-55,57-61H2,1-2H3,(H,71,74)/b19-17-,25-23-,56-52+. The summed E-state index contributed by atoms with van der Waals surface area (Å²) in [5, 5.41) is 54.3. The molecule has 1 amide bonds. The number of nitrogens with one attached hydrogen (secondary N) is 1. The van der Waals surface area contributed by atoms with Crippen molar-refractivity contribution in [3.63, 3.8) is 0 Å². The van der Waals surface area contributed by atoms with E-state index < -0.39 is 49.5 Å². The van der Waals surface area contributed by atoms with Crippen molar-refractivity contribution in [2.75, 3.05) is 19.8 Å². The minimum atomic E-state index is -1.57. The second-order valence-corrected chi connectivity index (χ2v) is 24.2. The van der Waals surface area contributed by atoms with Crippen LogP contribution in [0.4, 0.5) is 0 Å². The topological polar surface area (TPSA) is 175 Å². The Bertz CT molecular complexity index is 1440. The maximum atomic E-state index is 13.0. The molecule has 11 heteroatoms. The van der Waals surface area contributed by atoms with Crippen LogP contribution < -0.4 is 5.32 Å². The Balaban J connectivity index is 1.93. The smallest absolute Gasteiger partial charge is 0.305 e.